The lowest BCUT2D eigenvalue weighted by Gasteiger charge is -2.26. The topological polar surface area (TPSA) is 52.6 Å². The van der Waals surface area contributed by atoms with Crippen LogP contribution in [0.2, 0.25) is 0 Å². The monoisotopic (exact) mass is 322 g/mol. The molecule has 0 radical (unpaired) electrons. The molecule has 2 rings (SSSR count). The maximum absolute atomic E-state index is 13.7. The molecule has 1 aliphatic carbocycles. The van der Waals surface area contributed by atoms with E-state index >= 15 is 0 Å². The fraction of sp³-hybridized carbons (Fsp3) is 0.611. The molecule has 2 atom stereocenters. The number of nitrogens with zero attached hydrogens (tertiary/aromatic N) is 1. The highest BCUT2D eigenvalue weighted by atomic mass is 19.1. The Morgan fingerprint density at radius 2 is 2.09 bits per heavy atom. The van der Waals surface area contributed by atoms with E-state index in [9.17, 15) is 14.3 Å². The molecule has 0 saturated heterocycles. The number of amides is 1. The van der Waals surface area contributed by atoms with Gasteiger partial charge in [-0.25, -0.2) is 4.39 Å². The Labute approximate surface area is 137 Å². The summed E-state index contributed by atoms with van der Waals surface area (Å²) < 4.78 is 13.7. The van der Waals surface area contributed by atoms with Crippen molar-refractivity contribution >= 4 is 5.91 Å². The molecule has 1 amide bonds. The number of halogens is 1. The predicted molar refractivity (Wildman–Crippen MR) is 88.2 cm³/mol. The molecule has 0 spiro atoms. The Morgan fingerprint density at radius 3 is 2.78 bits per heavy atom. The maximum atomic E-state index is 13.7. The number of aliphatic hydroxyl groups excluding tert-OH is 1. The van der Waals surface area contributed by atoms with Gasteiger partial charge >= 0.3 is 0 Å². The van der Waals surface area contributed by atoms with Crippen molar-refractivity contribution < 1.29 is 14.3 Å². The van der Waals surface area contributed by atoms with Crippen molar-refractivity contribution in [3.8, 4) is 0 Å². The van der Waals surface area contributed by atoms with E-state index in [0.717, 1.165) is 31.2 Å². The molecule has 2 N–H and O–H groups in total. The molecular weight excluding hydrogens is 295 g/mol. The SMILES string of the molecule is CN(C)Cc1cc(CNC(=O)C[C@@H]2CCCC[C@H]2O)ccc1F. The van der Waals surface area contributed by atoms with E-state index in [4.69, 9.17) is 0 Å². The summed E-state index contributed by atoms with van der Waals surface area (Å²) >= 11 is 0. The molecule has 23 heavy (non-hydrogen) atoms. The third-order valence-electron chi connectivity index (χ3n) is 4.40. The first kappa shape index (κ1) is 17.9. The van der Waals surface area contributed by atoms with Crippen LogP contribution in [0.5, 0.6) is 0 Å². The second-order valence-corrected chi connectivity index (χ2v) is 6.76. The van der Waals surface area contributed by atoms with Crippen molar-refractivity contribution in [1.29, 1.82) is 0 Å². The van der Waals surface area contributed by atoms with Crippen LogP contribution < -0.4 is 5.32 Å². The van der Waals surface area contributed by atoms with Gasteiger partial charge in [-0.15, -0.1) is 0 Å². The van der Waals surface area contributed by atoms with Crippen LogP contribution >= 0.6 is 0 Å². The highest BCUT2D eigenvalue weighted by Gasteiger charge is 2.25. The molecule has 4 nitrogen and oxygen atoms in total. The molecule has 0 heterocycles. The van der Waals surface area contributed by atoms with Crippen molar-refractivity contribution in [2.45, 2.75) is 51.3 Å². The standard InChI is InChI=1S/C18H27FN2O2/c1-21(2)12-15-9-13(7-8-16(15)19)11-20-18(23)10-14-5-3-4-6-17(14)22/h7-9,14,17,22H,3-6,10-12H2,1-2H3,(H,20,23)/t14-,17+/m0/s1. The number of rotatable bonds is 6. The van der Waals surface area contributed by atoms with Crippen LogP contribution in [0.1, 0.15) is 43.2 Å². The van der Waals surface area contributed by atoms with Crippen LogP contribution in [0.3, 0.4) is 0 Å². The molecular formula is C18H27FN2O2. The van der Waals surface area contributed by atoms with Gasteiger partial charge in [0, 0.05) is 25.1 Å². The van der Waals surface area contributed by atoms with Gasteiger partial charge in [0.25, 0.3) is 0 Å². The lowest BCUT2D eigenvalue weighted by atomic mass is 9.84. The van der Waals surface area contributed by atoms with Crippen molar-refractivity contribution in [3.63, 3.8) is 0 Å². The van der Waals surface area contributed by atoms with Gasteiger partial charge < -0.3 is 15.3 Å². The number of carbonyl (C=O) groups excluding carboxylic acids is 1. The quantitative estimate of drug-likeness (QED) is 0.846. The van der Waals surface area contributed by atoms with Gasteiger partial charge in [0.15, 0.2) is 0 Å². The smallest absolute Gasteiger partial charge is 0.220 e. The first-order chi connectivity index (χ1) is 11.0. The van der Waals surface area contributed by atoms with Crippen molar-refractivity contribution in [3.05, 3.63) is 35.1 Å². The highest BCUT2D eigenvalue weighted by Crippen LogP contribution is 2.26. The van der Waals surface area contributed by atoms with Gasteiger partial charge in [-0.05, 0) is 50.6 Å². The minimum atomic E-state index is -0.355. The zero-order valence-electron chi connectivity index (χ0n) is 14.0. The number of benzene rings is 1. The van der Waals surface area contributed by atoms with Crippen molar-refractivity contribution in [2.75, 3.05) is 14.1 Å². The summed E-state index contributed by atoms with van der Waals surface area (Å²) in [6, 6.07) is 4.94. The summed E-state index contributed by atoms with van der Waals surface area (Å²) in [5, 5.41) is 12.8. The summed E-state index contributed by atoms with van der Waals surface area (Å²) in [5.74, 6) is -0.199. The van der Waals surface area contributed by atoms with Crippen LogP contribution in [0.4, 0.5) is 4.39 Å². The van der Waals surface area contributed by atoms with Gasteiger partial charge in [0.2, 0.25) is 5.91 Å². The third kappa shape index (κ3) is 5.59. The van der Waals surface area contributed by atoms with Crippen molar-refractivity contribution in [1.82, 2.24) is 10.2 Å². The lowest BCUT2D eigenvalue weighted by Crippen LogP contribution is -2.31. The van der Waals surface area contributed by atoms with E-state index in [1.165, 1.54) is 6.07 Å². The number of carbonyl (C=O) groups is 1. The largest absolute Gasteiger partial charge is 0.393 e. The first-order valence-electron chi connectivity index (χ1n) is 8.32. The summed E-state index contributed by atoms with van der Waals surface area (Å²) in [7, 11) is 3.78. The molecule has 1 aromatic carbocycles. The van der Waals surface area contributed by atoms with E-state index in [-0.39, 0.29) is 23.7 Å². The predicted octanol–water partition coefficient (Wildman–Crippen LogP) is 2.44. The summed E-state index contributed by atoms with van der Waals surface area (Å²) in [6.07, 6.45) is 3.85. The average Bonchev–Trinajstić information content (AvgIpc) is 2.50. The second-order valence-electron chi connectivity index (χ2n) is 6.76. The van der Waals surface area contributed by atoms with E-state index in [1.807, 2.05) is 19.0 Å². The molecule has 128 valence electrons. The zero-order chi connectivity index (χ0) is 16.8. The van der Waals surface area contributed by atoms with E-state index in [2.05, 4.69) is 5.32 Å². The van der Waals surface area contributed by atoms with Gasteiger partial charge in [-0.2, -0.15) is 0 Å². The Bertz CT molecular complexity index is 534. The fourth-order valence-electron chi connectivity index (χ4n) is 3.14. The zero-order valence-corrected chi connectivity index (χ0v) is 14.0. The van der Waals surface area contributed by atoms with Gasteiger partial charge in [-0.1, -0.05) is 18.9 Å². The molecule has 0 aromatic heterocycles. The molecule has 1 aromatic rings. The van der Waals surface area contributed by atoms with E-state index in [1.54, 1.807) is 12.1 Å². The fourth-order valence-corrected chi connectivity index (χ4v) is 3.14. The normalized spacial score (nSPS) is 21.4. The molecule has 1 aliphatic rings. The lowest BCUT2D eigenvalue weighted by molar-refractivity contribution is -0.123. The average molecular weight is 322 g/mol. The molecule has 0 aliphatic heterocycles. The number of aliphatic hydroxyl groups is 1. The maximum Gasteiger partial charge on any atom is 0.220 e. The van der Waals surface area contributed by atoms with Crippen LogP contribution in [-0.4, -0.2) is 36.1 Å². The summed E-state index contributed by atoms with van der Waals surface area (Å²) in [6.45, 7) is 0.921. The van der Waals surface area contributed by atoms with Crippen LogP contribution in [0, 0.1) is 11.7 Å². The number of hydrogen-bond donors (Lipinski definition) is 2. The van der Waals surface area contributed by atoms with Crippen LogP contribution in [0.15, 0.2) is 18.2 Å². The van der Waals surface area contributed by atoms with Crippen LogP contribution in [-0.2, 0) is 17.9 Å². The molecule has 1 fully saturated rings. The highest BCUT2D eigenvalue weighted by molar-refractivity contribution is 5.76. The third-order valence-corrected chi connectivity index (χ3v) is 4.40. The Morgan fingerprint density at radius 1 is 1.35 bits per heavy atom. The summed E-state index contributed by atoms with van der Waals surface area (Å²) in [4.78, 5) is 14.0. The number of hydrogen-bond acceptors (Lipinski definition) is 3. The Hall–Kier alpha value is -1.46. The Kier molecular flexibility index (Phi) is 6.54. The summed E-state index contributed by atoms with van der Waals surface area (Å²) in [5.41, 5.74) is 1.52. The van der Waals surface area contributed by atoms with Gasteiger partial charge in [0.1, 0.15) is 5.82 Å². The first-order valence-corrected chi connectivity index (χ1v) is 8.32. The van der Waals surface area contributed by atoms with E-state index in [0.29, 0.717) is 25.1 Å². The van der Waals surface area contributed by atoms with Gasteiger partial charge in [0.05, 0.1) is 6.10 Å². The van der Waals surface area contributed by atoms with Crippen LogP contribution in [0.25, 0.3) is 0 Å². The molecule has 1 saturated carbocycles. The van der Waals surface area contributed by atoms with Crippen molar-refractivity contribution in [2.24, 2.45) is 5.92 Å². The van der Waals surface area contributed by atoms with Gasteiger partial charge in [-0.3, -0.25) is 4.79 Å². The molecule has 0 bridgehead atoms. The molecule has 5 heteroatoms. The second kappa shape index (κ2) is 8.41. The minimum absolute atomic E-state index is 0.0468. The Balaban J connectivity index is 1.86. The minimum Gasteiger partial charge on any atom is -0.393 e. The molecule has 0 unspecified atom stereocenters. The number of nitrogens with one attached hydrogen (secondary N) is 1. The van der Waals surface area contributed by atoms with E-state index < -0.39 is 0 Å².